The van der Waals surface area contributed by atoms with Crippen molar-refractivity contribution in [2.75, 3.05) is 31.1 Å². The molecular formula is C23H25FN4O. The van der Waals surface area contributed by atoms with Crippen LogP contribution in [0.2, 0.25) is 0 Å². The summed E-state index contributed by atoms with van der Waals surface area (Å²) in [7, 11) is 0. The third kappa shape index (κ3) is 5.09. The van der Waals surface area contributed by atoms with Gasteiger partial charge in [0.05, 0.1) is 0 Å². The van der Waals surface area contributed by atoms with E-state index in [9.17, 15) is 4.39 Å². The van der Waals surface area contributed by atoms with Crippen LogP contribution < -0.4 is 9.64 Å². The third-order valence-corrected chi connectivity index (χ3v) is 5.18. The zero-order valence-corrected chi connectivity index (χ0v) is 16.6. The summed E-state index contributed by atoms with van der Waals surface area (Å²) in [6, 6.07) is 16.2. The first-order chi connectivity index (χ1) is 14.2. The first-order valence-corrected chi connectivity index (χ1v) is 9.96. The van der Waals surface area contributed by atoms with Crippen LogP contribution >= 0.6 is 0 Å². The van der Waals surface area contributed by atoms with E-state index in [1.54, 1.807) is 24.4 Å². The van der Waals surface area contributed by atoms with Gasteiger partial charge in [-0.05, 0) is 48.7 Å². The Bertz CT molecular complexity index is 948. The van der Waals surface area contributed by atoms with Crippen molar-refractivity contribution < 1.29 is 9.13 Å². The summed E-state index contributed by atoms with van der Waals surface area (Å²) < 4.78 is 18.8. The van der Waals surface area contributed by atoms with Gasteiger partial charge in [-0.2, -0.15) is 4.98 Å². The number of aromatic nitrogens is 2. The van der Waals surface area contributed by atoms with Gasteiger partial charge in [0.2, 0.25) is 11.8 Å². The van der Waals surface area contributed by atoms with Crippen molar-refractivity contribution in [3.8, 4) is 11.6 Å². The quantitative estimate of drug-likeness (QED) is 0.643. The Morgan fingerprint density at radius 3 is 2.62 bits per heavy atom. The lowest BCUT2D eigenvalue weighted by Crippen LogP contribution is -2.31. The monoisotopic (exact) mass is 392 g/mol. The fourth-order valence-corrected chi connectivity index (χ4v) is 3.52. The maximum atomic E-state index is 13.1. The Hall–Kier alpha value is -2.99. The van der Waals surface area contributed by atoms with Gasteiger partial charge in [-0.15, -0.1) is 0 Å². The van der Waals surface area contributed by atoms with Crippen LogP contribution in [0.4, 0.5) is 10.3 Å². The molecule has 1 aliphatic heterocycles. The van der Waals surface area contributed by atoms with E-state index < -0.39 is 0 Å². The smallest absolute Gasteiger partial charge is 0.228 e. The number of aryl methyl sites for hydroxylation is 1. The SMILES string of the molecule is Cc1ccccc1CN1CCCN(c2nccc(Oc3ccc(F)cc3)n2)CC1. The van der Waals surface area contributed by atoms with Crippen molar-refractivity contribution in [1.29, 1.82) is 0 Å². The van der Waals surface area contributed by atoms with Gasteiger partial charge >= 0.3 is 0 Å². The van der Waals surface area contributed by atoms with Crippen LogP contribution in [0, 0.1) is 12.7 Å². The molecule has 4 rings (SSSR count). The van der Waals surface area contributed by atoms with Gasteiger partial charge in [-0.3, -0.25) is 4.90 Å². The van der Waals surface area contributed by atoms with Gasteiger partial charge in [0.15, 0.2) is 0 Å². The molecule has 6 heteroatoms. The van der Waals surface area contributed by atoms with Crippen LogP contribution in [0.15, 0.2) is 60.8 Å². The topological polar surface area (TPSA) is 41.5 Å². The van der Waals surface area contributed by atoms with E-state index in [0.29, 0.717) is 17.6 Å². The lowest BCUT2D eigenvalue weighted by atomic mass is 10.1. The van der Waals surface area contributed by atoms with Crippen LogP contribution in [-0.4, -0.2) is 41.0 Å². The Morgan fingerprint density at radius 1 is 0.966 bits per heavy atom. The second-order valence-electron chi connectivity index (χ2n) is 7.29. The molecule has 1 aliphatic rings. The highest BCUT2D eigenvalue weighted by atomic mass is 19.1. The van der Waals surface area contributed by atoms with Crippen LogP contribution in [0.1, 0.15) is 17.5 Å². The molecule has 2 heterocycles. The van der Waals surface area contributed by atoms with Gasteiger partial charge in [0, 0.05) is 45.0 Å². The van der Waals surface area contributed by atoms with Crippen LogP contribution in [0.3, 0.4) is 0 Å². The standard InChI is InChI=1S/C23H25FN4O/c1-18-5-2-3-6-19(18)17-27-13-4-14-28(16-15-27)23-25-12-11-22(26-23)29-21-9-7-20(24)8-10-21/h2-3,5-12H,4,13-17H2,1H3. The number of nitrogens with zero attached hydrogens (tertiary/aromatic N) is 4. The van der Waals surface area contributed by atoms with E-state index in [1.165, 1.54) is 23.3 Å². The number of rotatable bonds is 5. The normalized spacial score (nSPS) is 15.2. The maximum Gasteiger partial charge on any atom is 0.228 e. The maximum absolute atomic E-state index is 13.1. The first-order valence-electron chi connectivity index (χ1n) is 9.96. The summed E-state index contributed by atoms with van der Waals surface area (Å²) in [4.78, 5) is 13.7. The predicted molar refractivity (Wildman–Crippen MR) is 112 cm³/mol. The second-order valence-corrected chi connectivity index (χ2v) is 7.29. The molecule has 150 valence electrons. The summed E-state index contributed by atoms with van der Waals surface area (Å²) in [6.45, 7) is 6.92. The first kappa shape index (κ1) is 19.3. The highest BCUT2D eigenvalue weighted by Gasteiger charge is 2.18. The molecule has 0 N–H and O–H groups in total. The molecule has 3 aromatic rings. The van der Waals surface area contributed by atoms with Gasteiger partial charge in [-0.1, -0.05) is 24.3 Å². The molecule has 1 fully saturated rings. The lowest BCUT2D eigenvalue weighted by Gasteiger charge is -2.22. The molecule has 0 amide bonds. The number of hydrogen-bond donors (Lipinski definition) is 0. The largest absolute Gasteiger partial charge is 0.439 e. The third-order valence-electron chi connectivity index (χ3n) is 5.18. The molecule has 0 saturated carbocycles. The van der Waals surface area contributed by atoms with Gasteiger partial charge in [0.1, 0.15) is 11.6 Å². The van der Waals surface area contributed by atoms with E-state index in [1.807, 2.05) is 0 Å². The molecule has 0 unspecified atom stereocenters. The van der Waals surface area contributed by atoms with Crippen molar-refractivity contribution in [2.45, 2.75) is 19.9 Å². The zero-order chi connectivity index (χ0) is 20.1. The van der Waals surface area contributed by atoms with Crippen LogP contribution in [-0.2, 0) is 6.54 Å². The Morgan fingerprint density at radius 2 is 1.79 bits per heavy atom. The number of anilines is 1. The number of halogens is 1. The average Bonchev–Trinajstić information content (AvgIpc) is 2.97. The molecule has 5 nitrogen and oxygen atoms in total. The summed E-state index contributed by atoms with van der Waals surface area (Å²) in [6.07, 6.45) is 2.76. The molecular weight excluding hydrogens is 367 g/mol. The lowest BCUT2D eigenvalue weighted by molar-refractivity contribution is 0.285. The molecule has 0 bridgehead atoms. The Balaban J connectivity index is 1.40. The van der Waals surface area contributed by atoms with E-state index in [2.05, 4.69) is 51.0 Å². The highest BCUT2D eigenvalue weighted by molar-refractivity contribution is 5.34. The van der Waals surface area contributed by atoms with Crippen molar-refractivity contribution in [3.05, 3.63) is 77.7 Å². The van der Waals surface area contributed by atoms with E-state index >= 15 is 0 Å². The zero-order valence-electron chi connectivity index (χ0n) is 16.6. The minimum atomic E-state index is -0.291. The Kier molecular flexibility index (Phi) is 6.00. The van der Waals surface area contributed by atoms with Crippen molar-refractivity contribution in [3.63, 3.8) is 0 Å². The molecule has 1 aromatic heterocycles. The fourth-order valence-electron chi connectivity index (χ4n) is 3.52. The number of benzene rings is 2. The second kappa shape index (κ2) is 9.01. The van der Waals surface area contributed by atoms with E-state index in [0.717, 1.165) is 39.1 Å². The number of hydrogen-bond acceptors (Lipinski definition) is 5. The Labute approximate surface area is 170 Å². The number of ether oxygens (including phenoxy) is 1. The average molecular weight is 392 g/mol. The van der Waals surface area contributed by atoms with Crippen LogP contribution in [0.25, 0.3) is 0 Å². The summed E-state index contributed by atoms with van der Waals surface area (Å²) >= 11 is 0. The summed E-state index contributed by atoms with van der Waals surface area (Å²) in [5.41, 5.74) is 2.72. The van der Waals surface area contributed by atoms with Gasteiger partial charge < -0.3 is 9.64 Å². The molecule has 0 aliphatic carbocycles. The van der Waals surface area contributed by atoms with Crippen molar-refractivity contribution in [2.24, 2.45) is 0 Å². The molecule has 2 aromatic carbocycles. The minimum Gasteiger partial charge on any atom is -0.439 e. The fraction of sp³-hybridized carbons (Fsp3) is 0.304. The minimum absolute atomic E-state index is 0.291. The molecule has 0 spiro atoms. The van der Waals surface area contributed by atoms with Gasteiger partial charge in [0.25, 0.3) is 0 Å². The van der Waals surface area contributed by atoms with Crippen molar-refractivity contribution >= 4 is 5.95 Å². The molecule has 1 saturated heterocycles. The van der Waals surface area contributed by atoms with Crippen LogP contribution in [0.5, 0.6) is 11.6 Å². The van der Waals surface area contributed by atoms with E-state index in [4.69, 9.17) is 4.74 Å². The van der Waals surface area contributed by atoms with Crippen molar-refractivity contribution in [1.82, 2.24) is 14.9 Å². The molecule has 0 radical (unpaired) electrons. The molecule has 0 atom stereocenters. The predicted octanol–water partition coefficient (Wildman–Crippen LogP) is 4.43. The highest BCUT2D eigenvalue weighted by Crippen LogP contribution is 2.22. The summed E-state index contributed by atoms with van der Waals surface area (Å²) in [5, 5.41) is 0. The summed E-state index contributed by atoms with van der Waals surface area (Å²) in [5.74, 6) is 1.39. The van der Waals surface area contributed by atoms with Gasteiger partial charge in [-0.25, -0.2) is 9.37 Å². The molecule has 29 heavy (non-hydrogen) atoms. The van der Waals surface area contributed by atoms with E-state index in [-0.39, 0.29) is 5.82 Å².